The Labute approximate surface area is 195 Å². The Hall–Kier alpha value is -1.72. The molecule has 2 bridgehead atoms. The first-order valence-electron chi connectivity index (χ1n) is 11.7. The van der Waals surface area contributed by atoms with Gasteiger partial charge in [0.15, 0.2) is 11.9 Å². The van der Waals surface area contributed by atoms with Gasteiger partial charge in [0.1, 0.15) is 0 Å². The molecule has 1 saturated carbocycles. The van der Waals surface area contributed by atoms with Crippen molar-refractivity contribution in [1.82, 2.24) is 0 Å². The van der Waals surface area contributed by atoms with Gasteiger partial charge in [0.25, 0.3) is 5.79 Å². The fourth-order valence-electron chi connectivity index (χ4n) is 6.42. The summed E-state index contributed by atoms with van der Waals surface area (Å²) in [6.07, 6.45) is -3.71. The Morgan fingerprint density at radius 3 is 2.44 bits per heavy atom. The van der Waals surface area contributed by atoms with Crippen LogP contribution in [0.5, 0.6) is 0 Å². The molecule has 5 aliphatic rings. The maximum absolute atomic E-state index is 14.8. The number of benzene rings is 1. The van der Waals surface area contributed by atoms with E-state index in [4.69, 9.17) is 29.1 Å². The highest BCUT2D eigenvalue weighted by molar-refractivity contribution is 5.87. The lowest BCUT2D eigenvalue weighted by molar-refractivity contribution is -0.599. The molecule has 1 aromatic carbocycles. The van der Waals surface area contributed by atoms with Crippen LogP contribution in [0.3, 0.4) is 0 Å². The Morgan fingerprint density at radius 1 is 1.09 bits per heavy atom. The summed E-state index contributed by atoms with van der Waals surface area (Å²) in [5.41, 5.74) is -0.710. The predicted octanol–water partition coefficient (Wildman–Crippen LogP) is 5.04. The monoisotopic (exact) mass is 486 g/mol. The minimum atomic E-state index is -4.86. The Bertz CT molecular complexity index is 953. The molecule has 1 aromatic rings. The topological polar surface area (TPSA) is 83.5 Å². The standard InChI is InChI=1S/C24H29F3O7/c1-13-4-9-18-14(2)23(24(25,26)27,30-12-15-5-7-16(8-6-15)19(28)29)32-20-22(18)17(13)10-11-21(3,31-20)33-34-22/h5-8,13-14,17-18,20H,4,9-12H2,1-3H3,(H,28,29)/t13-,14-,17+,18?,20+,21+,22-,23-/m1/s1. The van der Waals surface area contributed by atoms with Crippen molar-refractivity contribution in [2.45, 2.75) is 82.7 Å². The molecule has 1 aliphatic carbocycles. The van der Waals surface area contributed by atoms with Gasteiger partial charge in [0.05, 0.1) is 12.2 Å². The summed E-state index contributed by atoms with van der Waals surface area (Å²) in [6.45, 7) is 4.82. The summed E-state index contributed by atoms with van der Waals surface area (Å²) in [6, 6.07) is 5.52. The van der Waals surface area contributed by atoms with Gasteiger partial charge >= 0.3 is 12.1 Å². The minimum Gasteiger partial charge on any atom is -0.478 e. The van der Waals surface area contributed by atoms with E-state index >= 15 is 0 Å². The van der Waals surface area contributed by atoms with Gasteiger partial charge < -0.3 is 19.3 Å². The molecule has 1 N–H and O–H groups in total. The van der Waals surface area contributed by atoms with Gasteiger partial charge in [-0.2, -0.15) is 13.2 Å². The number of hydrogen-bond donors (Lipinski definition) is 1. The second-order valence-corrected chi connectivity index (χ2v) is 10.3. The van der Waals surface area contributed by atoms with Crippen LogP contribution in [0.15, 0.2) is 24.3 Å². The molecule has 5 fully saturated rings. The van der Waals surface area contributed by atoms with Crippen molar-refractivity contribution in [2.24, 2.45) is 23.7 Å². The molecule has 0 amide bonds. The first-order chi connectivity index (χ1) is 15.9. The number of ether oxygens (including phenoxy) is 3. The molecule has 34 heavy (non-hydrogen) atoms. The Kier molecular flexibility index (Phi) is 5.57. The van der Waals surface area contributed by atoms with Crippen molar-refractivity contribution in [2.75, 3.05) is 0 Å². The Morgan fingerprint density at radius 2 is 1.79 bits per heavy atom. The van der Waals surface area contributed by atoms with Gasteiger partial charge in [-0.25, -0.2) is 14.6 Å². The molecule has 188 valence electrons. The van der Waals surface area contributed by atoms with E-state index in [2.05, 4.69) is 6.92 Å². The number of carboxylic acid groups (broad SMARTS) is 1. The van der Waals surface area contributed by atoms with E-state index in [9.17, 15) is 18.0 Å². The van der Waals surface area contributed by atoms with E-state index in [1.54, 1.807) is 6.92 Å². The third kappa shape index (κ3) is 3.41. The summed E-state index contributed by atoms with van der Waals surface area (Å²) in [4.78, 5) is 22.7. The van der Waals surface area contributed by atoms with Crippen LogP contribution in [0, 0.1) is 23.7 Å². The van der Waals surface area contributed by atoms with Crippen LogP contribution in [-0.2, 0) is 30.6 Å². The van der Waals surface area contributed by atoms with Gasteiger partial charge in [-0.1, -0.05) is 26.0 Å². The second-order valence-electron chi connectivity index (χ2n) is 10.3. The summed E-state index contributed by atoms with van der Waals surface area (Å²) in [5, 5.41) is 9.06. The number of halogens is 3. The lowest BCUT2D eigenvalue weighted by Crippen LogP contribution is -2.75. The van der Waals surface area contributed by atoms with Gasteiger partial charge in [0.2, 0.25) is 5.79 Å². The number of carbonyl (C=O) groups is 1. The number of rotatable bonds is 4. The van der Waals surface area contributed by atoms with Crippen molar-refractivity contribution >= 4 is 5.97 Å². The summed E-state index contributed by atoms with van der Waals surface area (Å²) < 4.78 is 61.8. The Balaban J connectivity index is 1.51. The molecule has 1 spiro atoms. The molecular weight excluding hydrogens is 457 g/mol. The molecule has 1 unspecified atom stereocenters. The highest BCUT2D eigenvalue weighted by atomic mass is 19.4. The van der Waals surface area contributed by atoms with Crippen molar-refractivity contribution in [3.63, 3.8) is 0 Å². The van der Waals surface area contributed by atoms with Crippen LogP contribution in [0.25, 0.3) is 0 Å². The minimum absolute atomic E-state index is 0.0363. The smallest absolute Gasteiger partial charge is 0.443 e. The van der Waals surface area contributed by atoms with Crippen LogP contribution in [0.2, 0.25) is 0 Å². The predicted molar refractivity (Wildman–Crippen MR) is 110 cm³/mol. The number of fused-ring (bicyclic) bond motifs is 2. The zero-order valence-electron chi connectivity index (χ0n) is 19.3. The van der Waals surface area contributed by atoms with Crippen molar-refractivity contribution in [3.05, 3.63) is 35.4 Å². The highest BCUT2D eigenvalue weighted by Gasteiger charge is 2.77. The first kappa shape index (κ1) is 24.0. The van der Waals surface area contributed by atoms with E-state index in [1.807, 2.05) is 0 Å². The molecule has 8 atom stereocenters. The highest BCUT2D eigenvalue weighted by Crippen LogP contribution is 2.64. The fourth-order valence-corrected chi connectivity index (χ4v) is 6.42. The van der Waals surface area contributed by atoms with E-state index in [0.29, 0.717) is 24.8 Å². The van der Waals surface area contributed by atoms with Gasteiger partial charge in [-0.05, 0) is 55.7 Å². The maximum atomic E-state index is 14.8. The summed E-state index contributed by atoms with van der Waals surface area (Å²) in [7, 11) is 0. The largest absolute Gasteiger partial charge is 0.478 e. The number of carboxylic acids is 1. The molecule has 0 aromatic heterocycles. The quantitative estimate of drug-likeness (QED) is 0.597. The fraction of sp³-hybridized carbons (Fsp3) is 0.708. The molecule has 6 rings (SSSR count). The third-order valence-electron chi connectivity index (χ3n) is 8.31. The van der Waals surface area contributed by atoms with Crippen molar-refractivity contribution in [3.8, 4) is 0 Å². The lowest BCUT2D eigenvalue weighted by Gasteiger charge is -2.62. The second kappa shape index (κ2) is 7.89. The van der Waals surface area contributed by atoms with Gasteiger partial charge in [-0.3, -0.25) is 0 Å². The number of alkyl halides is 3. The van der Waals surface area contributed by atoms with Crippen LogP contribution >= 0.6 is 0 Å². The van der Waals surface area contributed by atoms with Crippen LogP contribution in [0.1, 0.15) is 62.4 Å². The van der Waals surface area contributed by atoms with Crippen molar-refractivity contribution in [1.29, 1.82) is 0 Å². The molecule has 4 saturated heterocycles. The molecule has 7 nitrogen and oxygen atoms in total. The molecule has 4 heterocycles. The molecular formula is C24H29F3O7. The normalized spacial score (nSPS) is 43.8. The van der Waals surface area contributed by atoms with Crippen LogP contribution in [-0.4, -0.2) is 40.7 Å². The van der Waals surface area contributed by atoms with Gasteiger partial charge in [0, 0.05) is 18.3 Å². The van der Waals surface area contributed by atoms with E-state index in [-0.39, 0.29) is 17.4 Å². The zero-order chi connectivity index (χ0) is 24.5. The molecule has 0 radical (unpaired) electrons. The third-order valence-corrected chi connectivity index (χ3v) is 8.31. The average Bonchev–Trinajstić information content (AvgIpc) is 3.00. The van der Waals surface area contributed by atoms with Crippen molar-refractivity contribution < 1.29 is 47.1 Å². The zero-order valence-corrected chi connectivity index (χ0v) is 19.3. The molecule has 10 heteroatoms. The van der Waals surface area contributed by atoms with Crippen LogP contribution in [0.4, 0.5) is 13.2 Å². The summed E-state index contributed by atoms with van der Waals surface area (Å²) in [5.74, 6) is -6.77. The summed E-state index contributed by atoms with van der Waals surface area (Å²) >= 11 is 0. The van der Waals surface area contributed by atoms with Gasteiger partial charge in [-0.15, -0.1) is 0 Å². The van der Waals surface area contributed by atoms with E-state index in [1.165, 1.54) is 31.2 Å². The SMILES string of the molecule is C[C@@H]1CCC2[C@@H](C)[C@](OCc3ccc(C(=O)O)cc3)(C(F)(F)F)O[C@@H]3O[C@]4(C)CC[C@@H]1[C@@]23OO4. The van der Waals surface area contributed by atoms with E-state index < -0.39 is 54.1 Å². The lowest BCUT2D eigenvalue weighted by atomic mass is 9.57. The number of aromatic carboxylic acids is 1. The first-order valence-corrected chi connectivity index (χ1v) is 11.7. The maximum Gasteiger partial charge on any atom is 0.443 e. The van der Waals surface area contributed by atoms with Crippen LogP contribution < -0.4 is 0 Å². The average molecular weight is 486 g/mol. The number of hydrogen-bond acceptors (Lipinski definition) is 6. The van der Waals surface area contributed by atoms with E-state index in [0.717, 1.165) is 6.42 Å². The molecule has 4 aliphatic heterocycles.